The first-order valence-electron chi connectivity index (χ1n) is 6.77. The molecule has 0 bridgehead atoms. The third-order valence-electron chi connectivity index (χ3n) is 3.65. The predicted octanol–water partition coefficient (Wildman–Crippen LogP) is 2.18. The highest BCUT2D eigenvalue weighted by molar-refractivity contribution is 5.94. The monoisotopic (exact) mass is 267 g/mol. The smallest absolute Gasteiger partial charge is 0.251 e. The molecule has 0 fully saturated rings. The molecule has 2 N–H and O–H groups in total. The lowest BCUT2D eigenvalue weighted by Gasteiger charge is -2.14. The molecule has 1 amide bonds. The number of nitrogens with one attached hydrogen (secondary N) is 2. The van der Waals surface area contributed by atoms with Crippen LogP contribution in [-0.4, -0.2) is 10.9 Å². The van der Waals surface area contributed by atoms with Gasteiger partial charge < -0.3 is 10.6 Å². The number of benzene rings is 1. The average Bonchev–Trinajstić information content (AvgIpc) is 2.95. The largest absolute Gasteiger partial charge is 0.346 e. The molecule has 0 radical (unpaired) electrons. The second-order valence-electron chi connectivity index (χ2n) is 5.06. The molecule has 2 aromatic rings. The first-order chi connectivity index (χ1) is 9.74. The lowest BCUT2D eigenvalue weighted by atomic mass is 10.0. The van der Waals surface area contributed by atoms with Gasteiger partial charge in [0.05, 0.1) is 6.04 Å². The average molecular weight is 267 g/mol. The van der Waals surface area contributed by atoms with Gasteiger partial charge in [-0.05, 0) is 47.9 Å². The first kappa shape index (κ1) is 12.8. The standard InChI is InChI=1S/C16H17N3O/c1-11(12-4-6-17-7-5-12)19-16(20)13-2-3-14-9-18-10-15(14)8-13/h2-8,11,18H,9-10H2,1H3,(H,19,20)/t11-/m1/s1. The number of fused-ring (bicyclic) bond motifs is 1. The van der Waals surface area contributed by atoms with Crippen LogP contribution in [0.1, 0.15) is 40.0 Å². The fraction of sp³-hybridized carbons (Fsp3) is 0.250. The maximum Gasteiger partial charge on any atom is 0.251 e. The summed E-state index contributed by atoms with van der Waals surface area (Å²) in [5.74, 6) is -0.0380. The normalized spacial score (nSPS) is 14.7. The zero-order valence-electron chi connectivity index (χ0n) is 11.4. The quantitative estimate of drug-likeness (QED) is 0.896. The second kappa shape index (κ2) is 5.43. The predicted molar refractivity (Wildman–Crippen MR) is 77.1 cm³/mol. The Labute approximate surface area is 118 Å². The third-order valence-corrected chi connectivity index (χ3v) is 3.65. The van der Waals surface area contributed by atoms with Crippen molar-refractivity contribution in [3.63, 3.8) is 0 Å². The third kappa shape index (κ3) is 2.56. The van der Waals surface area contributed by atoms with Crippen LogP contribution in [0.5, 0.6) is 0 Å². The van der Waals surface area contributed by atoms with E-state index in [2.05, 4.69) is 15.6 Å². The molecule has 0 saturated heterocycles. The molecule has 102 valence electrons. The Morgan fingerprint density at radius 3 is 2.75 bits per heavy atom. The summed E-state index contributed by atoms with van der Waals surface area (Å²) in [6.07, 6.45) is 3.47. The van der Waals surface area contributed by atoms with Crippen molar-refractivity contribution in [1.29, 1.82) is 0 Å². The van der Waals surface area contributed by atoms with Crippen molar-refractivity contribution in [2.75, 3.05) is 0 Å². The van der Waals surface area contributed by atoms with E-state index >= 15 is 0 Å². The number of aromatic nitrogens is 1. The van der Waals surface area contributed by atoms with Crippen molar-refractivity contribution >= 4 is 5.91 Å². The maximum absolute atomic E-state index is 12.3. The molecule has 1 atom stereocenters. The summed E-state index contributed by atoms with van der Waals surface area (Å²) in [4.78, 5) is 16.3. The summed E-state index contributed by atoms with van der Waals surface area (Å²) >= 11 is 0. The van der Waals surface area contributed by atoms with Crippen LogP contribution < -0.4 is 10.6 Å². The van der Waals surface area contributed by atoms with Crippen LogP contribution in [0.2, 0.25) is 0 Å². The van der Waals surface area contributed by atoms with E-state index in [4.69, 9.17) is 0 Å². The molecule has 1 aliphatic rings. The Bertz CT molecular complexity index is 625. The summed E-state index contributed by atoms with van der Waals surface area (Å²) in [5, 5.41) is 6.30. The fourth-order valence-electron chi connectivity index (χ4n) is 2.45. The molecular formula is C16H17N3O. The lowest BCUT2D eigenvalue weighted by molar-refractivity contribution is 0.0940. The van der Waals surface area contributed by atoms with E-state index in [0.717, 1.165) is 18.7 Å². The van der Waals surface area contributed by atoms with Crippen LogP contribution in [0.3, 0.4) is 0 Å². The fourth-order valence-corrected chi connectivity index (χ4v) is 2.45. The minimum atomic E-state index is -0.0380. The summed E-state index contributed by atoms with van der Waals surface area (Å²) < 4.78 is 0. The Balaban J connectivity index is 1.73. The van der Waals surface area contributed by atoms with E-state index < -0.39 is 0 Å². The van der Waals surface area contributed by atoms with Gasteiger partial charge in [0.2, 0.25) is 0 Å². The molecule has 0 saturated carbocycles. The molecule has 3 rings (SSSR count). The number of hydrogen-bond donors (Lipinski definition) is 2. The molecule has 1 aliphatic heterocycles. The molecule has 2 heterocycles. The van der Waals surface area contributed by atoms with Crippen LogP contribution in [0.15, 0.2) is 42.7 Å². The van der Waals surface area contributed by atoms with Gasteiger partial charge in [0.25, 0.3) is 5.91 Å². The van der Waals surface area contributed by atoms with Crippen LogP contribution in [-0.2, 0) is 13.1 Å². The summed E-state index contributed by atoms with van der Waals surface area (Å²) in [7, 11) is 0. The summed E-state index contributed by atoms with van der Waals surface area (Å²) in [6.45, 7) is 3.71. The molecule has 0 aliphatic carbocycles. The van der Waals surface area contributed by atoms with Gasteiger partial charge >= 0.3 is 0 Å². The van der Waals surface area contributed by atoms with E-state index in [1.54, 1.807) is 12.4 Å². The van der Waals surface area contributed by atoms with E-state index in [0.29, 0.717) is 5.56 Å². The molecule has 4 heteroatoms. The topological polar surface area (TPSA) is 54.0 Å². The van der Waals surface area contributed by atoms with Gasteiger partial charge in [-0.1, -0.05) is 6.07 Å². The van der Waals surface area contributed by atoms with Crippen molar-refractivity contribution in [2.45, 2.75) is 26.1 Å². The van der Waals surface area contributed by atoms with Crippen LogP contribution >= 0.6 is 0 Å². The minimum absolute atomic E-state index is 0.0307. The van der Waals surface area contributed by atoms with Crippen LogP contribution in [0.25, 0.3) is 0 Å². The van der Waals surface area contributed by atoms with E-state index in [1.807, 2.05) is 37.3 Å². The van der Waals surface area contributed by atoms with Crippen molar-refractivity contribution in [3.8, 4) is 0 Å². The molecule has 1 aromatic carbocycles. The van der Waals surface area contributed by atoms with Gasteiger partial charge in [-0.3, -0.25) is 9.78 Å². The van der Waals surface area contributed by atoms with Gasteiger partial charge in [-0.25, -0.2) is 0 Å². The van der Waals surface area contributed by atoms with E-state index in [1.165, 1.54) is 11.1 Å². The number of carbonyl (C=O) groups excluding carboxylic acids is 1. The van der Waals surface area contributed by atoms with Crippen LogP contribution in [0, 0.1) is 0 Å². The van der Waals surface area contributed by atoms with Gasteiger partial charge in [-0.2, -0.15) is 0 Å². The van der Waals surface area contributed by atoms with Crippen molar-refractivity contribution < 1.29 is 4.79 Å². The number of carbonyl (C=O) groups is 1. The SMILES string of the molecule is C[C@@H](NC(=O)c1ccc2c(c1)CNC2)c1ccncc1. The van der Waals surface area contributed by atoms with Crippen molar-refractivity contribution in [3.05, 3.63) is 65.0 Å². The van der Waals surface area contributed by atoms with Crippen molar-refractivity contribution in [1.82, 2.24) is 15.6 Å². The molecule has 20 heavy (non-hydrogen) atoms. The number of pyridine rings is 1. The van der Waals surface area contributed by atoms with Gasteiger partial charge in [0.15, 0.2) is 0 Å². The molecule has 4 nitrogen and oxygen atoms in total. The number of amides is 1. The Morgan fingerprint density at radius 2 is 1.95 bits per heavy atom. The van der Waals surface area contributed by atoms with E-state index in [-0.39, 0.29) is 11.9 Å². The van der Waals surface area contributed by atoms with Gasteiger partial charge in [-0.15, -0.1) is 0 Å². The van der Waals surface area contributed by atoms with Gasteiger partial charge in [0.1, 0.15) is 0 Å². The van der Waals surface area contributed by atoms with Crippen LogP contribution in [0.4, 0.5) is 0 Å². The molecule has 0 unspecified atom stereocenters. The number of rotatable bonds is 3. The summed E-state index contributed by atoms with van der Waals surface area (Å²) in [6, 6.07) is 9.69. The highest BCUT2D eigenvalue weighted by atomic mass is 16.1. The zero-order valence-corrected chi connectivity index (χ0v) is 11.4. The van der Waals surface area contributed by atoms with Gasteiger partial charge in [0, 0.05) is 31.0 Å². The summed E-state index contributed by atoms with van der Waals surface area (Å²) in [5.41, 5.74) is 4.27. The molecule has 1 aromatic heterocycles. The highest BCUT2D eigenvalue weighted by Crippen LogP contribution is 2.18. The number of nitrogens with zero attached hydrogens (tertiary/aromatic N) is 1. The first-order valence-corrected chi connectivity index (χ1v) is 6.77. The Morgan fingerprint density at radius 1 is 1.20 bits per heavy atom. The zero-order chi connectivity index (χ0) is 13.9. The van der Waals surface area contributed by atoms with Crippen molar-refractivity contribution in [2.24, 2.45) is 0 Å². The molecular weight excluding hydrogens is 250 g/mol. The Kier molecular flexibility index (Phi) is 3.48. The minimum Gasteiger partial charge on any atom is -0.346 e. The lowest BCUT2D eigenvalue weighted by Crippen LogP contribution is -2.26. The molecule has 0 spiro atoms. The maximum atomic E-state index is 12.3. The highest BCUT2D eigenvalue weighted by Gasteiger charge is 2.15. The second-order valence-corrected chi connectivity index (χ2v) is 5.06. The number of hydrogen-bond acceptors (Lipinski definition) is 3. The Hall–Kier alpha value is -2.20. The van der Waals surface area contributed by atoms with E-state index in [9.17, 15) is 4.79 Å².